The number of fused-ring (bicyclic) bond motifs is 1. The monoisotopic (exact) mass is 445 g/mol. The molecule has 0 radical (unpaired) electrons. The van der Waals surface area contributed by atoms with E-state index in [0.717, 1.165) is 27.5 Å². The molecule has 3 aromatic heterocycles. The maximum atomic E-state index is 12.8. The second-order valence-electron chi connectivity index (χ2n) is 7.17. The van der Waals surface area contributed by atoms with E-state index in [-0.39, 0.29) is 24.2 Å². The number of rotatable bonds is 5. The van der Waals surface area contributed by atoms with Crippen molar-refractivity contribution < 1.29 is 18.0 Å². The van der Waals surface area contributed by atoms with E-state index in [4.69, 9.17) is 0 Å². The van der Waals surface area contributed by atoms with Crippen molar-refractivity contribution in [2.75, 3.05) is 0 Å². The quantitative estimate of drug-likeness (QED) is 0.472. The molecule has 1 amide bonds. The molecule has 0 saturated heterocycles. The zero-order valence-electron chi connectivity index (χ0n) is 16.6. The lowest BCUT2D eigenvalue weighted by molar-refractivity contribution is -0.137. The Balaban J connectivity index is 1.57. The molecule has 0 unspecified atom stereocenters. The van der Waals surface area contributed by atoms with Gasteiger partial charge in [-0.3, -0.25) is 4.79 Å². The van der Waals surface area contributed by atoms with Gasteiger partial charge >= 0.3 is 6.18 Å². The van der Waals surface area contributed by atoms with Crippen LogP contribution in [-0.2, 0) is 12.7 Å². The van der Waals surface area contributed by atoms with Gasteiger partial charge in [0.05, 0.1) is 39.8 Å². The normalized spacial score (nSPS) is 11.9. The number of alkyl halides is 3. The van der Waals surface area contributed by atoms with Gasteiger partial charge < -0.3 is 5.32 Å². The summed E-state index contributed by atoms with van der Waals surface area (Å²) in [6, 6.07) is 9.90. The van der Waals surface area contributed by atoms with Gasteiger partial charge in [-0.25, -0.2) is 14.6 Å². The second kappa shape index (κ2) is 8.10. The standard InChI is InChI=1S/C21H18F3N5OS/c1-12(2)19-14(10-27-29(19)17-8-7-13(9-25-17)21(22,23)24)20(30)26-11-18-28-15-5-3-4-6-16(15)31-18/h3-10,12H,11H2,1-2H3,(H,26,30). The minimum atomic E-state index is -4.47. The van der Waals surface area contributed by atoms with Crippen LogP contribution in [0.1, 0.15) is 46.4 Å². The Bertz CT molecular complexity index is 1200. The highest BCUT2D eigenvalue weighted by Crippen LogP contribution is 2.29. The molecule has 0 spiro atoms. The minimum absolute atomic E-state index is 0.116. The third-order valence-electron chi connectivity index (χ3n) is 4.63. The van der Waals surface area contributed by atoms with Gasteiger partial charge in [-0.1, -0.05) is 26.0 Å². The number of benzene rings is 1. The summed E-state index contributed by atoms with van der Waals surface area (Å²) in [7, 11) is 0. The van der Waals surface area contributed by atoms with Crippen LogP contribution in [0, 0.1) is 0 Å². The van der Waals surface area contributed by atoms with Crippen molar-refractivity contribution >= 4 is 27.5 Å². The largest absolute Gasteiger partial charge is 0.417 e. The first-order valence-corrected chi connectivity index (χ1v) is 10.3. The Labute approximate surface area is 179 Å². The van der Waals surface area contributed by atoms with Crippen LogP contribution in [0.2, 0.25) is 0 Å². The number of hydrogen-bond donors (Lipinski definition) is 1. The molecule has 4 aromatic rings. The van der Waals surface area contributed by atoms with E-state index < -0.39 is 11.7 Å². The summed E-state index contributed by atoms with van der Waals surface area (Å²) < 4.78 is 40.9. The number of hydrogen-bond acceptors (Lipinski definition) is 5. The second-order valence-corrected chi connectivity index (χ2v) is 8.29. The first-order chi connectivity index (χ1) is 14.7. The van der Waals surface area contributed by atoms with Crippen LogP contribution >= 0.6 is 11.3 Å². The molecular weight excluding hydrogens is 427 g/mol. The van der Waals surface area contributed by atoms with Gasteiger partial charge in [-0.15, -0.1) is 11.3 Å². The number of thiazole rings is 1. The zero-order valence-corrected chi connectivity index (χ0v) is 17.5. The van der Waals surface area contributed by atoms with E-state index in [1.807, 2.05) is 38.1 Å². The summed E-state index contributed by atoms with van der Waals surface area (Å²) in [5.41, 5.74) is 0.941. The van der Waals surface area contributed by atoms with E-state index in [9.17, 15) is 18.0 Å². The molecule has 160 valence electrons. The van der Waals surface area contributed by atoms with Crippen LogP contribution in [0.25, 0.3) is 16.0 Å². The summed E-state index contributed by atoms with van der Waals surface area (Å²) >= 11 is 1.50. The number of amides is 1. The summed E-state index contributed by atoms with van der Waals surface area (Å²) in [6.45, 7) is 4.02. The topological polar surface area (TPSA) is 72.7 Å². The molecule has 1 N–H and O–H groups in total. The fourth-order valence-electron chi connectivity index (χ4n) is 3.20. The maximum Gasteiger partial charge on any atom is 0.417 e. The Morgan fingerprint density at radius 1 is 1.16 bits per heavy atom. The van der Waals surface area contributed by atoms with Crippen molar-refractivity contribution in [2.24, 2.45) is 0 Å². The minimum Gasteiger partial charge on any atom is -0.345 e. The van der Waals surface area contributed by atoms with Crippen LogP contribution in [0.15, 0.2) is 48.8 Å². The molecule has 0 aliphatic heterocycles. The Kier molecular flexibility index (Phi) is 5.48. The Hall–Kier alpha value is -3.27. The molecule has 4 rings (SSSR count). The fourth-order valence-corrected chi connectivity index (χ4v) is 4.10. The summed E-state index contributed by atoms with van der Waals surface area (Å²) in [5.74, 6) is -0.238. The Morgan fingerprint density at radius 3 is 2.58 bits per heavy atom. The van der Waals surface area contributed by atoms with Crippen molar-refractivity contribution in [3.8, 4) is 5.82 Å². The van der Waals surface area contributed by atoms with Gasteiger partial charge in [0.15, 0.2) is 5.82 Å². The van der Waals surface area contributed by atoms with Crippen LogP contribution in [0.3, 0.4) is 0 Å². The first kappa shape index (κ1) is 21.0. The molecule has 0 saturated carbocycles. The zero-order chi connectivity index (χ0) is 22.2. The third kappa shape index (κ3) is 4.29. The van der Waals surface area contributed by atoms with Crippen LogP contribution in [0.5, 0.6) is 0 Å². The fraction of sp³-hybridized carbons (Fsp3) is 0.238. The van der Waals surface area contributed by atoms with Crippen molar-refractivity contribution in [3.63, 3.8) is 0 Å². The molecule has 0 fully saturated rings. The summed E-state index contributed by atoms with van der Waals surface area (Å²) in [6.07, 6.45) is -2.31. The number of para-hydroxylation sites is 1. The highest BCUT2D eigenvalue weighted by Gasteiger charge is 2.31. The molecule has 3 heterocycles. The average molecular weight is 445 g/mol. The SMILES string of the molecule is CC(C)c1c(C(=O)NCc2nc3ccccc3s2)cnn1-c1ccc(C(F)(F)F)cn1. The van der Waals surface area contributed by atoms with E-state index in [1.54, 1.807) is 0 Å². The van der Waals surface area contributed by atoms with Crippen LogP contribution in [0.4, 0.5) is 13.2 Å². The molecule has 0 aliphatic rings. The van der Waals surface area contributed by atoms with Gasteiger partial charge in [0, 0.05) is 6.20 Å². The van der Waals surface area contributed by atoms with Gasteiger partial charge in [-0.05, 0) is 30.2 Å². The first-order valence-electron chi connectivity index (χ1n) is 9.48. The van der Waals surface area contributed by atoms with Gasteiger partial charge in [-0.2, -0.15) is 18.3 Å². The molecule has 1 aromatic carbocycles. The number of pyridine rings is 1. The number of aromatic nitrogens is 4. The molecular formula is C21H18F3N5OS. The number of nitrogens with zero attached hydrogens (tertiary/aromatic N) is 4. The molecule has 31 heavy (non-hydrogen) atoms. The summed E-state index contributed by atoms with van der Waals surface area (Å²) in [4.78, 5) is 21.2. The van der Waals surface area contributed by atoms with Crippen molar-refractivity contribution in [3.05, 3.63) is 70.6 Å². The van der Waals surface area contributed by atoms with E-state index >= 15 is 0 Å². The highest BCUT2D eigenvalue weighted by molar-refractivity contribution is 7.18. The van der Waals surface area contributed by atoms with Crippen molar-refractivity contribution in [1.29, 1.82) is 0 Å². The van der Waals surface area contributed by atoms with Gasteiger partial charge in [0.25, 0.3) is 5.91 Å². The van der Waals surface area contributed by atoms with E-state index in [2.05, 4.69) is 20.4 Å². The van der Waals surface area contributed by atoms with Gasteiger partial charge in [0.2, 0.25) is 0 Å². The van der Waals surface area contributed by atoms with Gasteiger partial charge in [0.1, 0.15) is 5.01 Å². The lowest BCUT2D eigenvalue weighted by Gasteiger charge is -2.13. The van der Waals surface area contributed by atoms with E-state index in [0.29, 0.717) is 11.3 Å². The molecule has 6 nitrogen and oxygen atoms in total. The van der Waals surface area contributed by atoms with Crippen molar-refractivity contribution in [2.45, 2.75) is 32.5 Å². The molecule has 0 atom stereocenters. The predicted octanol–water partition coefficient (Wildman–Crippen LogP) is 4.95. The third-order valence-corrected chi connectivity index (χ3v) is 5.66. The van der Waals surface area contributed by atoms with Crippen LogP contribution in [-0.4, -0.2) is 25.7 Å². The van der Waals surface area contributed by atoms with Crippen molar-refractivity contribution in [1.82, 2.24) is 25.1 Å². The average Bonchev–Trinajstić information content (AvgIpc) is 3.35. The number of carbonyl (C=O) groups excluding carboxylic acids is 1. The predicted molar refractivity (Wildman–Crippen MR) is 111 cm³/mol. The lowest BCUT2D eigenvalue weighted by atomic mass is 10.1. The highest BCUT2D eigenvalue weighted by atomic mass is 32.1. The van der Waals surface area contributed by atoms with Crippen LogP contribution < -0.4 is 5.32 Å². The number of carbonyl (C=O) groups is 1. The maximum absolute atomic E-state index is 12.8. The molecule has 0 bridgehead atoms. The van der Waals surface area contributed by atoms with E-state index in [1.165, 1.54) is 28.3 Å². The smallest absolute Gasteiger partial charge is 0.345 e. The number of halogens is 3. The molecule has 10 heteroatoms. The summed E-state index contributed by atoms with van der Waals surface area (Å²) in [5, 5.41) is 7.84. The lowest BCUT2D eigenvalue weighted by Crippen LogP contribution is -2.24. The molecule has 0 aliphatic carbocycles. The number of nitrogens with one attached hydrogen (secondary N) is 1. The Morgan fingerprint density at radius 2 is 1.94 bits per heavy atom.